The molecular weight excluding hydrogens is 743 g/mol. The van der Waals surface area contributed by atoms with E-state index in [4.69, 9.17) is 0 Å². The Kier molecular flexibility index (Phi) is 8.72. The second-order valence-electron chi connectivity index (χ2n) is 16.5. The number of hydrogen-bond donors (Lipinski definition) is 0. The lowest BCUT2D eigenvalue weighted by Crippen LogP contribution is -2.28. The standard InChI is InChI=1S/C58H43NS/c1-57(2)53-29-13-14-30-55(53)60-56-39-43(33-36-54(56)57)42-18-16-24-48(38-42)59(46-21-7-4-8-22-46)47-23-15-17-41(37-47)40-31-34-45(35-32-40)58(44-19-5-3-6-20-44)51-27-11-9-25-49(51)50-26-10-12-28-52(50)58/h3-39H,1-2H3. The van der Waals surface area contributed by atoms with E-state index in [0.29, 0.717) is 0 Å². The Bertz CT molecular complexity index is 2990. The second-order valence-corrected chi connectivity index (χ2v) is 17.6. The molecule has 2 heteroatoms. The fraction of sp³-hybridized carbons (Fsp3) is 0.0690. The molecule has 0 saturated carbocycles. The quantitative estimate of drug-likeness (QED) is 0.158. The van der Waals surface area contributed by atoms with Crippen molar-refractivity contribution in [1.82, 2.24) is 0 Å². The number of fused-ring (bicyclic) bond motifs is 5. The lowest BCUT2D eigenvalue weighted by molar-refractivity contribution is 0.607. The average molecular weight is 786 g/mol. The number of anilines is 3. The molecule has 0 bridgehead atoms. The zero-order valence-corrected chi connectivity index (χ0v) is 34.5. The molecule has 0 N–H and O–H groups in total. The molecule has 9 aromatic carbocycles. The lowest BCUT2D eigenvalue weighted by atomic mass is 9.67. The molecule has 1 heterocycles. The van der Waals surface area contributed by atoms with E-state index in [1.165, 1.54) is 76.6 Å². The van der Waals surface area contributed by atoms with E-state index in [1.807, 2.05) is 11.8 Å². The molecule has 60 heavy (non-hydrogen) atoms. The van der Waals surface area contributed by atoms with Gasteiger partial charge in [0.05, 0.1) is 5.41 Å². The molecule has 0 radical (unpaired) electrons. The van der Waals surface area contributed by atoms with Gasteiger partial charge < -0.3 is 4.90 Å². The number of hydrogen-bond acceptors (Lipinski definition) is 2. The predicted octanol–water partition coefficient (Wildman–Crippen LogP) is 15.6. The second kappa shape index (κ2) is 14.4. The summed E-state index contributed by atoms with van der Waals surface area (Å²) in [4.78, 5) is 5.05. The molecule has 1 nitrogen and oxygen atoms in total. The zero-order valence-electron chi connectivity index (χ0n) is 33.7. The Balaban J connectivity index is 0.975. The Labute approximate surface area is 357 Å². The summed E-state index contributed by atoms with van der Waals surface area (Å²) in [7, 11) is 0. The first-order valence-corrected chi connectivity index (χ1v) is 21.7. The topological polar surface area (TPSA) is 3.24 Å². The molecule has 2 aliphatic rings. The first kappa shape index (κ1) is 36.2. The first-order valence-electron chi connectivity index (χ1n) is 20.8. The maximum atomic E-state index is 2.39. The van der Waals surface area contributed by atoms with Crippen LogP contribution in [0.5, 0.6) is 0 Å². The van der Waals surface area contributed by atoms with Gasteiger partial charge in [0.15, 0.2) is 0 Å². The summed E-state index contributed by atoms with van der Waals surface area (Å²) in [5, 5.41) is 0. The molecule has 1 aliphatic carbocycles. The Morgan fingerprint density at radius 1 is 0.333 bits per heavy atom. The molecule has 0 atom stereocenters. The van der Waals surface area contributed by atoms with E-state index >= 15 is 0 Å². The van der Waals surface area contributed by atoms with Crippen LogP contribution in [0.2, 0.25) is 0 Å². The van der Waals surface area contributed by atoms with Crippen LogP contribution < -0.4 is 4.90 Å². The molecule has 0 saturated heterocycles. The van der Waals surface area contributed by atoms with E-state index < -0.39 is 5.41 Å². The summed E-state index contributed by atoms with van der Waals surface area (Å²) in [6, 6.07) is 82.8. The highest BCUT2D eigenvalue weighted by atomic mass is 32.2. The molecule has 0 aromatic heterocycles. The van der Waals surface area contributed by atoms with Crippen molar-refractivity contribution in [2.75, 3.05) is 4.90 Å². The van der Waals surface area contributed by atoms with Crippen molar-refractivity contribution in [2.24, 2.45) is 0 Å². The van der Waals surface area contributed by atoms with Crippen molar-refractivity contribution in [1.29, 1.82) is 0 Å². The van der Waals surface area contributed by atoms with Crippen molar-refractivity contribution in [3.05, 3.63) is 258 Å². The summed E-state index contributed by atoms with van der Waals surface area (Å²) >= 11 is 1.89. The Morgan fingerprint density at radius 2 is 0.800 bits per heavy atom. The van der Waals surface area contributed by atoms with Crippen LogP contribution in [0.25, 0.3) is 33.4 Å². The van der Waals surface area contributed by atoms with Crippen molar-refractivity contribution < 1.29 is 0 Å². The molecule has 0 fully saturated rings. The molecule has 9 aromatic rings. The molecule has 286 valence electrons. The summed E-state index contributed by atoms with van der Waals surface area (Å²) in [5.41, 5.74) is 18.2. The third-order valence-electron chi connectivity index (χ3n) is 12.8. The lowest BCUT2D eigenvalue weighted by Gasteiger charge is -2.34. The van der Waals surface area contributed by atoms with Crippen molar-refractivity contribution in [2.45, 2.75) is 34.5 Å². The van der Waals surface area contributed by atoms with Gasteiger partial charge >= 0.3 is 0 Å². The van der Waals surface area contributed by atoms with Gasteiger partial charge in [-0.3, -0.25) is 0 Å². The van der Waals surface area contributed by atoms with Gasteiger partial charge in [-0.2, -0.15) is 0 Å². The van der Waals surface area contributed by atoms with Crippen molar-refractivity contribution in [3.63, 3.8) is 0 Å². The fourth-order valence-electron chi connectivity index (χ4n) is 9.94. The summed E-state index contributed by atoms with van der Waals surface area (Å²) in [6.45, 7) is 4.69. The smallest absolute Gasteiger partial charge is 0.0713 e. The zero-order chi connectivity index (χ0) is 40.3. The van der Waals surface area contributed by atoms with Gasteiger partial charge in [-0.25, -0.2) is 0 Å². The molecule has 11 rings (SSSR count). The first-order chi connectivity index (χ1) is 29.5. The maximum absolute atomic E-state index is 2.39. The molecule has 1 aliphatic heterocycles. The van der Waals surface area contributed by atoms with Crippen LogP contribution in [0.4, 0.5) is 17.1 Å². The van der Waals surface area contributed by atoms with Crippen LogP contribution in [0, 0.1) is 0 Å². The van der Waals surface area contributed by atoms with Crippen LogP contribution in [-0.2, 0) is 10.8 Å². The van der Waals surface area contributed by atoms with Crippen LogP contribution in [0.1, 0.15) is 47.2 Å². The highest BCUT2D eigenvalue weighted by Gasteiger charge is 2.45. The van der Waals surface area contributed by atoms with Gasteiger partial charge in [0.25, 0.3) is 0 Å². The SMILES string of the molecule is CC1(C)c2ccccc2Sc2cc(-c3cccc(N(c4ccccc4)c4cccc(-c5ccc(C6(c7ccccc7)c7ccccc7-c7ccccc76)cc5)c4)c3)ccc21. The van der Waals surface area contributed by atoms with Gasteiger partial charge in [-0.1, -0.05) is 202 Å². The van der Waals surface area contributed by atoms with Crippen molar-refractivity contribution >= 4 is 28.8 Å². The Morgan fingerprint density at radius 3 is 1.45 bits per heavy atom. The van der Waals surface area contributed by atoms with E-state index in [1.54, 1.807) is 0 Å². The minimum absolute atomic E-state index is 0.0519. The van der Waals surface area contributed by atoms with Crippen LogP contribution in [-0.4, -0.2) is 0 Å². The van der Waals surface area contributed by atoms with E-state index in [0.717, 1.165) is 17.1 Å². The average Bonchev–Trinajstić information content (AvgIpc) is 3.61. The Hall–Kier alpha value is -6.87. The highest BCUT2D eigenvalue weighted by molar-refractivity contribution is 7.99. The minimum atomic E-state index is -0.415. The van der Waals surface area contributed by atoms with Gasteiger partial charge in [0.2, 0.25) is 0 Å². The third-order valence-corrected chi connectivity index (χ3v) is 13.9. The van der Waals surface area contributed by atoms with Gasteiger partial charge in [-0.05, 0) is 115 Å². The summed E-state index contributed by atoms with van der Waals surface area (Å²) in [5.74, 6) is 0. The monoisotopic (exact) mass is 785 g/mol. The molecule has 0 unspecified atom stereocenters. The largest absolute Gasteiger partial charge is 0.310 e. The number of para-hydroxylation sites is 1. The number of nitrogens with zero attached hydrogens (tertiary/aromatic N) is 1. The third kappa shape index (κ3) is 5.78. The maximum Gasteiger partial charge on any atom is 0.0713 e. The van der Waals surface area contributed by atoms with Gasteiger partial charge in [-0.15, -0.1) is 0 Å². The molecule has 0 amide bonds. The summed E-state index contributed by atoms with van der Waals surface area (Å²) < 4.78 is 0. The highest BCUT2D eigenvalue weighted by Crippen LogP contribution is 2.56. The summed E-state index contributed by atoms with van der Waals surface area (Å²) in [6.07, 6.45) is 0. The van der Waals surface area contributed by atoms with Crippen molar-refractivity contribution in [3.8, 4) is 33.4 Å². The van der Waals surface area contributed by atoms with Crippen LogP contribution in [0.15, 0.2) is 234 Å². The van der Waals surface area contributed by atoms with E-state index in [2.05, 4.69) is 243 Å². The van der Waals surface area contributed by atoms with E-state index in [-0.39, 0.29) is 5.41 Å². The van der Waals surface area contributed by atoms with Crippen LogP contribution >= 0.6 is 11.8 Å². The molecular formula is C58H43NS. The predicted molar refractivity (Wildman–Crippen MR) is 252 cm³/mol. The van der Waals surface area contributed by atoms with Crippen LogP contribution in [0.3, 0.4) is 0 Å². The van der Waals surface area contributed by atoms with Gasteiger partial charge in [0, 0.05) is 32.3 Å². The van der Waals surface area contributed by atoms with Gasteiger partial charge in [0.1, 0.15) is 0 Å². The minimum Gasteiger partial charge on any atom is -0.310 e. The van der Waals surface area contributed by atoms with E-state index in [9.17, 15) is 0 Å². The fourth-order valence-corrected chi connectivity index (χ4v) is 11.4. The number of rotatable bonds is 7. The molecule has 0 spiro atoms. The number of benzene rings is 9. The normalized spacial score (nSPS) is 14.0.